The van der Waals surface area contributed by atoms with E-state index in [2.05, 4.69) is 18.2 Å². The van der Waals surface area contributed by atoms with E-state index in [9.17, 15) is 10.2 Å². The Morgan fingerprint density at radius 2 is 1.16 bits per heavy atom. The van der Waals surface area contributed by atoms with Gasteiger partial charge in [0.25, 0.3) is 0 Å². The normalized spacial score (nSPS) is 21.5. The van der Waals surface area contributed by atoms with Crippen LogP contribution in [-0.4, -0.2) is 37.5 Å². The highest BCUT2D eigenvalue weighted by molar-refractivity contribution is 8.93. The van der Waals surface area contributed by atoms with Gasteiger partial charge >= 0.3 is 0 Å². The molecule has 2 atom stereocenters. The van der Waals surface area contributed by atoms with Gasteiger partial charge in [0.15, 0.2) is 23.0 Å². The molecule has 4 aliphatic rings. The second kappa shape index (κ2) is 16.9. The highest BCUT2D eigenvalue weighted by Gasteiger charge is 2.31. The first-order chi connectivity index (χ1) is 20.5. The summed E-state index contributed by atoms with van der Waals surface area (Å²) in [6, 6.07) is 7.55. The molecular formula is C36H52BrClN2O4. The summed E-state index contributed by atoms with van der Waals surface area (Å²) in [7, 11) is 3.43. The summed E-state index contributed by atoms with van der Waals surface area (Å²) < 4.78 is 11.1. The van der Waals surface area contributed by atoms with Crippen LogP contribution in [0.25, 0.3) is 11.1 Å². The van der Waals surface area contributed by atoms with Crippen LogP contribution in [0.3, 0.4) is 0 Å². The van der Waals surface area contributed by atoms with E-state index < -0.39 is 0 Å². The molecular weight excluding hydrogens is 640 g/mol. The van der Waals surface area contributed by atoms with Crippen LogP contribution >= 0.6 is 29.4 Å². The maximum Gasteiger partial charge on any atom is 0.164 e. The van der Waals surface area contributed by atoms with E-state index in [1.54, 1.807) is 20.3 Å². The molecule has 0 aromatic heterocycles. The van der Waals surface area contributed by atoms with Crippen molar-refractivity contribution in [1.82, 2.24) is 0 Å². The number of hydrogen-bond donors (Lipinski definition) is 4. The van der Waals surface area contributed by atoms with Gasteiger partial charge in [0, 0.05) is 24.2 Å². The fourth-order valence-corrected chi connectivity index (χ4v) is 8.00. The van der Waals surface area contributed by atoms with Crippen molar-refractivity contribution in [2.24, 2.45) is 35.1 Å². The van der Waals surface area contributed by atoms with Crippen LogP contribution in [0.15, 0.2) is 36.4 Å². The number of allylic oxidation sites excluding steroid dienone is 2. The van der Waals surface area contributed by atoms with Crippen LogP contribution in [-0.2, 0) is 12.8 Å². The van der Waals surface area contributed by atoms with Crippen molar-refractivity contribution in [3.05, 3.63) is 58.7 Å². The lowest BCUT2D eigenvalue weighted by molar-refractivity contribution is 0.280. The van der Waals surface area contributed by atoms with Crippen LogP contribution in [0.2, 0.25) is 0 Å². The molecule has 0 heterocycles. The quantitative estimate of drug-likeness (QED) is 0.229. The number of rotatable bonds is 6. The molecule has 2 aromatic rings. The van der Waals surface area contributed by atoms with Gasteiger partial charge in [-0.15, -0.1) is 29.4 Å². The van der Waals surface area contributed by atoms with E-state index >= 15 is 0 Å². The summed E-state index contributed by atoms with van der Waals surface area (Å²) in [6.45, 7) is 1.08. The SMILES string of the molecule is Br.COc1ccc2c(c1OC)CC(C1CCCCC1)C=C2CN.Cl.NCC1=CC(C2CCCCC2)Cc2c1ccc(O)c2O. The van der Waals surface area contributed by atoms with Crippen molar-refractivity contribution in [2.75, 3.05) is 27.3 Å². The minimum atomic E-state index is -0.0237. The predicted molar refractivity (Wildman–Crippen MR) is 188 cm³/mol. The van der Waals surface area contributed by atoms with Gasteiger partial charge in [-0.25, -0.2) is 0 Å². The van der Waals surface area contributed by atoms with Crippen molar-refractivity contribution < 1.29 is 19.7 Å². The predicted octanol–water partition coefficient (Wildman–Crippen LogP) is 7.99. The number of benzene rings is 2. The van der Waals surface area contributed by atoms with E-state index in [-0.39, 0.29) is 40.9 Å². The molecule has 2 aromatic carbocycles. The van der Waals surface area contributed by atoms with Crippen molar-refractivity contribution in [3.8, 4) is 23.0 Å². The standard InChI is InChI=1S/C19H27NO2.C17H23NO2.BrH.ClH/c1-21-18-9-8-16-15(12-20)10-14(11-17(16)19(18)22-2)13-6-4-3-5-7-13;18-10-13-8-12(11-4-2-1-3-5-11)9-15-14(13)6-7-16(19)17(15)20;;/h8-10,13-14H,3-7,11-12,20H2,1-2H3;6-8,11-12,19-20H,1-5,9-10,18H2;2*1H. The van der Waals surface area contributed by atoms with E-state index in [1.165, 1.54) is 80.9 Å². The third-order valence-corrected chi connectivity index (χ3v) is 10.3. The molecule has 2 fully saturated rings. The van der Waals surface area contributed by atoms with Gasteiger partial charge in [-0.2, -0.15) is 0 Å². The Labute approximate surface area is 280 Å². The Hall–Kier alpha value is -2.19. The van der Waals surface area contributed by atoms with Gasteiger partial charge in [0.1, 0.15) is 0 Å². The maximum absolute atomic E-state index is 10.2. The van der Waals surface area contributed by atoms with Crippen molar-refractivity contribution in [2.45, 2.75) is 77.0 Å². The van der Waals surface area contributed by atoms with Crippen molar-refractivity contribution >= 4 is 40.5 Å². The molecule has 2 saturated carbocycles. The van der Waals surface area contributed by atoms with Crippen molar-refractivity contribution in [3.63, 3.8) is 0 Å². The molecule has 6 N–H and O–H groups in total. The first-order valence-electron chi connectivity index (χ1n) is 16.1. The molecule has 0 aliphatic heterocycles. The number of phenolic OH excluding ortho intramolecular Hbond substituents is 2. The lowest BCUT2D eigenvalue weighted by atomic mass is 9.73. The topological polar surface area (TPSA) is 111 Å². The highest BCUT2D eigenvalue weighted by atomic mass is 79.9. The Morgan fingerprint density at radius 1 is 0.682 bits per heavy atom. The summed E-state index contributed by atoms with van der Waals surface area (Å²) in [5, 5.41) is 19.9. The molecule has 44 heavy (non-hydrogen) atoms. The third-order valence-electron chi connectivity index (χ3n) is 10.3. The number of ether oxygens (including phenoxy) is 2. The number of phenols is 2. The average molecular weight is 692 g/mol. The van der Waals surface area contributed by atoms with Crippen LogP contribution in [0.5, 0.6) is 23.0 Å². The molecule has 8 heteroatoms. The van der Waals surface area contributed by atoms with Crippen LogP contribution in [0.4, 0.5) is 0 Å². The molecule has 0 radical (unpaired) electrons. The molecule has 0 amide bonds. The Bertz CT molecular complexity index is 1300. The zero-order chi connectivity index (χ0) is 29.6. The molecule has 0 bridgehead atoms. The van der Waals surface area contributed by atoms with E-state index in [4.69, 9.17) is 20.9 Å². The highest BCUT2D eigenvalue weighted by Crippen LogP contribution is 2.45. The smallest absolute Gasteiger partial charge is 0.164 e. The maximum atomic E-state index is 10.2. The summed E-state index contributed by atoms with van der Waals surface area (Å²) in [4.78, 5) is 0. The van der Waals surface area contributed by atoms with Crippen molar-refractivity contribution in [1.29, 1.82) is 0 Å². The number of nitrogens with two attached hydrogens (primary N) is 2. The fourth-order valence-electron chi connectivity index (χ4n) is 8.00. The lowest BCUT2D eigenvalue weighted by Gasteiger charge is -2.33. The second-order valence-corrected chi connectivity index (χ2v) is 12.6. The van der Waals surface area contributed by atoms with Gasteiger partial charge in [0.2, 0.25) is 0 Å². The third kappa shape index (κ3) is 7.78. The van der Waals surface area contributed by atoms with Gasteiger partial charge < -0.3 is 31.2 Å². The van der Waals surface area contributed by atoms with Gasteiger partial charge in [-0.1, -0.05) is 62.8 Å². The molecule has 244 valence electrons. The molecule has 4 aliphatic carbocycles. The number of fused-ring (bicyclic) bond motifs is 2. The Kier molecular flexibility index (Phi) is 14.0. The van der Waals surface area contributed by atoms with Gasteiger partial charge in [-0.3, -0.25) is 0 Å². The van der Waals surface area contributed by atoms with E-state index in [0.29, 0.717) is 30.8 Å². The van der Waals surface area contributed by atoms with E-state index in [0.717, 1.165) is 47.0 Å². The minimum Gasteiger partial charge on any atom is -0.504 e. The Balaban J connectivity index is 0.000000231. The zero-order valence-electron chi connectivity index (χ0n) is 26.4. The first-order valence-corrected chi connectivity index (χ1v) is 16.1. The summed E-state index contributed by atoms with van der Waals surface area (Å²) in [5.41, 5.74) is 18.7. The molecule has 6 nitrogen and oxygen atoms in total. The van der Waals surface area contributed by atoms with Gasteiger partial charge in [-0.05, 0) is 96.6 Å². The zero-order valence-corrected chi connectivity index (χ0v) is 28.9. The molecule has 0 saturated heterocycles. The Morgan fingerprint density at radius 3 is 1.64 bits per heavy atom. The summed E-state index contributed by atoms with van der Waals surface area (Å²) >= 11 is 0. The second-order valence-electron chi connectivity index (χ2n) is 12.6. The summed E-state index contributed by atoms with van der Waals surface area (Å²) in [5.74, 6) is 4.26. The van der Waals surface area contributed by atoms with Gasteiger partial charge in [0.05, 0.1) is 14.2 Å². The first kappa shape index (κ1) is 36.3. The van der Waals surface area contributed by atoms with Crippen LogP contribution in [0, 0.1) is 23.7 Å². The molecule has 0 spiro atoms. The summed E-state index contributed by atoms with van der Waals surface area (Å²) in [6.07, 6.45) is 20.0. The van der Waals surface area contributed by atoms with Crippen LogP contribution in [0.1, 0.15) is 86.5 Å². The van der Waals surface area contributed by atoms with E-state index in [1.807, 2.05) is 12.1 Å². The number of halogens is 2. The fraction of sp³-hybridized carbons (Fsp3) is 0.556. The lowest BCUT2D eigenvalue weighted by Crippen LogP contribution is -2.23. The number of aromatic hydroxyl groups is 2. The number of methoxy groups -OCH3 is 2. The largest absolute Gasteiger partial charge is 0.504 e. The molecule has 2 unspecified atom stereocenters. The monoisotopic (exact) mass is 690 g/mol. The average Bonchev–Trinajstić information content (AvgIpc) is 3.05. The number of hydrogen-bond acceptors (Lipinski definition) is 6. The minimum absolute atomic E-state index is 0. The molecule has 6 rings (SSSR count). The van der Waals surface area contributed by atoms with Crippen LogP contribution < -0.4 is 20.9 Å².